The average molecular weight is 208 g/mol. The van der Waals surface area contributed by atoms with Crippen molar-refractivity contribution < 1.29 is 18.3 Å². The fourth-order valence-electron chi connectivity index (χ4n) is 2.93. The second-order valence-electron chi connectivity index (χ2n) is 4.94. The molecule has 0 amide bonds. The van der Waals surface area contributed by atoms with Gasteiger partial charge in [0.05, 0.1) is 5.41 Å². The second kappa shape index (κ2) is 2.87. The van der Waals surface area contributed by atoms with Crippen molar-refractivity contribution in [2.75, 3.05) is 6.61 Å². The van der Waals surface area contributed by atoms with E-state index in [2.05, 4.69) is 0 Å². The molecule has 1 N–H and O–H groups in total. The Morgan fingerprint density at radius 1 is 0.929 bits per heavy atom. The number of rotatable bonds is 1. The summed E-state index contributed by atoms with van der Waals surface area (Å²) in [6.45, 7) is 0.0565. The van der Waals surface area contributed by atoms with E-state index in [9.17, 15) is 18.3 Å². The van der Waals surface area contributed by atoms with E-state index in [-0.39, 0.29) is 31.3 Å². The van der Waals surface area contributed by atoms with Crippen LogP contribution in [0.2, 0.25) is 0 Å². The summed E-state index contributed by atoms with van der Waals surface area (Å²) in [7, 11) is 0. The Balaban J connectivity index is 2.17. The van der Waals surface area contributed by atoms with E-state index >= 15 is 0 Å². The van der Waals surface area contributed by atoms with Gasteiger partial charge in [0, 0.05) is 6.61 Å². The predicted octanol–water partition coefficient (Wildman–Crippen LogP) is 2.88. The standard InChI is InChI=1S/C10H15F3O/c11-10(12,13)9-4-1-8(7-14,2-5-9)3-6-9/h14H,1-7H2. The molecule has 0 saturated heterocycles. The molecule has 0 unspecified atom stereocenters. The molecular weight excluding hydrogens is 193 g/mol. The lowest BCUT2D eigenvalue weighted by molar-refractivity contribution is -0.262. The van der Waals surface area contributed by atoms with Crippen LogP contribution in [-0.2, 0) is 0 Å². The molecule has 3 aliphatic rings. The van der Waals surface area contributed by atoms with Crippen LogP contribution in [0, 0.1) is 10.8 Å². The maximum absolute atomic E-state index is 12.8. The smallest absolute Gasteiger partial charge is 0.394 e. The van der Waals surface area contributed by atoms with Gasteiger partial charge in [-0.05, 0) is 43.9 Å². The largest absolute Gasteiger partial charge is 0.396 e. The number of alkyl halides is 3. The van der Waals surface area contributed by atoms with Crippen LogP contribution < -0.4 is 0 Å². The van der Waals surface area contributed by atoms with Gasteiger partial charge >= 0.3 is 6.18 Å². The van der Waals surface area contributed by atoms with Crippen LogP contribution in [0.15, 0.2) is 0 Å². The maximum atomic E-state index is 12.8. The van der Waals surface area contributed by atoms with Crippen molar-refractivity contribution in [2.45, 2.75) is 44.7 Å². The molecule has 3 rings (SSSR count). The Bertz CT molecular complexity index is 209. The highest BCUT2D eigenvalue weighted by Gasteiger charge is 2.60. The van der Waals surface area contributed by atoms with Gasteiger partial charge in [-0.1, -0.05) is 0 Å². The van der Waals surface area contributed by atoms with Crippen molar-refractivity contribution in [1.29, 1.82) is 0 Å². The van der Waals surface area contributed by atoms with Gasteiger partial charge in [0.1, 0.15) is 0 Å². The van der Waals surface area contributed by atoms with Crippen molar-refractivity contribution in [3.63, 3.8) is 0 Å². The van der Waals surface area contributed by atoms with Crippen LogP contribution in [0.4, 0.5) is 13.2 Å². The number of aliphatic hydroxyl groups is 1. The number of halogens is 3. The first-order valence-electron chi connectivity index (χ1n) is 5.11. The van der Waals surface area contributed by atoms with Crippen LogP contribution in [0.3, 0.4) is 0 Å². The highest BCUT2D eigenvalue weighted by Crippen LogP contribution is 2.62. The SMILES string of the molecule is OCC12CCC(C(F)(F)F)(CC1)CC2. The maximum Gasteiger partial charge on any atom is 0.394 e. The molecule has 4 heteroatoms. The first-order chi connectivity index (χ1) is 6.43. The fourth-order valence-corrected chi connectivity index (χ4v) is 2.93. The number of hydrogen-bond acceptors (Lipinski definition) is 1. The van der Waals surface area contributed by atoms with Crippen LogP contribution in [0.25, 0.3) is 0 Å². The summed E-state index contributed by atoms with van der Waals surface area (Å²) in [6.07, 6.45) is -1.75. The lowest BCUT2D eigenvalue weighted by Crippen LogP contribution is -2.50. The zero-order valence-corrected chi connectivity index (χ0v) is 8.03. The monoisotopic (exact) mass is 208 g/mol. The Morgan fingerprint density at radius 2 is 1.36 bits per heavy atom. The molecule has 0 aromatic carbocycles. The van der Waals surface area contributed by atoms with E-state index in [1.807, 2.05) is 0 Å². The first-order valence-corrected chi connectivity index (χ1v) is 5.11. The minimum absolute atomic E-state index is 0.0565. The van der Waals surface area contributed by atoms with Gasteiger partial charge < -0.3 is 5.11 Å². The van der Waals surface area contributed by atoms with E-state index in [1.165, 1.54) is 0 Å². The van der Waals surface area contributed by atoms with Crippen molar-refractivity contribution in [1.82, 2.24) is 0 Å². The normalized spacial score (nSPS) is 42.9. The highest BCUT2D eigenvalue weighted by molar-refractivity contribution is 5.02. The predicted molar refractivity (Wildman–Crippen MR) is 45.7 cm³/mol. The van der Waals surface area contributed by atoms with Gasteiger partial charge in [-0.15, -0.1) is 0 Å². The quantitative estimate of drug-likeness (QED) is 0.702. The van der Waals surface area contributed by atoms with E-state index in [0.29, 0.717) is 19.3 Å². The van der Waals surface area contributed by atoms with E-state index < -0.39 is 11.6 Å². The zero-order valence-electron chi connectivity index (χ0n) is 8.03. The van der Waals surface area contributed by atoms with Gasteiger partial charge in [0.2, 0.25) is 0 Å². The summed E-state index contributed by atoms with van der Waals surface area (Å²) in [5.41, 5.74) is -1.59. The molecule has 0 heterocycles. The van der Waals surface area contributed by atoms with Crippen molar-refractivity contribution >= 4 is 0 Å². The number of hydrogen-bond donors (Lipinski definition) is 1. The third-order valence-electron chi connectivity index (χ3n) is 4.34. The second-order valence-corrected chi connectivity index (χ2v) is 4.94. The molecule has 0 atom stereocenters. The Kier molecular flexibility index (Phi) is 2.11. The summed E-state index contributed by atoms with van der Waals surface area (Å²) in [6, 6.07) is 0. The summed E-state index contributed by atoms with van der Waals surface area (Å²) in [4.78, 5) is 0. The molecule has 0 aromatic rings. The summed E-state index contributed by atoms with van der Waals surface area (Å²) in [5, 5.41) is 9.17. The Labute approximate surface area is 81.3 Å². The molecule has 0 aliphatic heterocycles. The molecular formula is C10H15F3O. The van der Waals surface area contributed by atoms with Gasteiger partial charge in [-0.2, -0.15) is 13.2 Å². The molecule has 14 heavy (non-hydrogen) atoms. The van der Waals surface area contributed by atoms with Gasteiger partial charge in [-0.25, -0.2) is 0 Å². The third-order valence-corrected chi connectivity index (χ3v) is 4.34. The van der Waals surface area contributed by atoms with Gasteiger partial charge in [-0.3, -0.25) is 0 Å². The van der Waals surface area contributed by atoms with Crippen LogP contribution in [-0.4, -0.2) is 17.9 Å². The zero-order chi connectivity index (χ0) is 10.4. The van der Waals surface area contributed by atoms with E-state index in [4.69, 9.17) is 0 Å². The Morgan fingerprint density at radius 3 is 1.64 bits per heavy atom. The van der Waals surface area contributed by atoms with Crippen LogP contribution >= 0.6 is 0 Å². The molecule has 3 saturated carbocycles. The number of aliphatic hydroxyl groups excluding tert-OH is 1. The number of fused-ring (bicyclic) bond motifs is 3. The topological polar surface area (TPSA) is 20.2 Å². The summed E-state index contributed by atoms with van der Waals surface area (Å²) >= 11 is 0. The average Bonchev–Trinajstić information content (AvgIpc) is 2.19. The van der Waals surface area contributed by atoms with Crippen molar-refractivity contribution in [3.8, 4) is 0 Å². The minimum Gasteiger partial charge on any atom is -0.396 e. The van der Waals surface area contributed by atoms with Gasteiger partial charge in [0.15, 0.2) is 0 Å². The molecule has 0 radical (unpaired) electrons. The molecule has 2 bridgehead atoms. The highest BCUT2D eigenvalue weighted by atomic mass is 19.4. The van der Waals surface area contributed by atoms with Gasteiger partial charge in [0.25, 0.3) is 0 Å². The molecule has 82 valence electrons. The molecule has 1 nitrogen and oxygen atoms in total. The summed E-state index contributed by atoms with van der Waals surface area (Å²) in [5.74, 6) is 0. The molecule has 3 fully saturated rings. The van der Waals surface area contributed by atoms with Crippen molar-refractivity contribution in [2.24, 2.45) is 10.8 Å². The molecule has 0 spiro atoms. The minimum atomic E-state index is -4.05. The molecule has 3 aliphatic carbocycles. The molecule has 0 aromatic heterocycles. The summed E-state index contributed by atoms with van der Waals surface area (Å²) < 4.78 is 38.4. The van der Waals surface area contributed by atoms with E-state index in [1.54, 1.807) is 0 Å². The first kappa shape index (κ1) is 10.3. The lowest BCUT2D eigenvalue weighted by atomic mass is 9.54. The Hall–Kier alpha value is -0.250. The lowest BCUT2D eigenvalue weighted by Gasteiger charge is -2.53. The van der Waals surface area contributed by atoms with Crippen LogP contribution in [0.5, 0.6) is 0 Å². The van der Waals surface area contributed by atoms with E-state index in [0.717, 1.165) is 0 Å². The van der Waals surface area contributed by atoms with Crippen LogP contribution in [0.1, 0.15) is 38.5 Å². The van der Waals surface area contributed by atoms with Crippen molar-refractivity contribution in [3.05, 3.63) is 0 Å². The third kappa shape index (κ3) is 1.27. The fraction of sp³-hybridized carbons (Fsp3) is 1.00.